The van der Waals surface area contributed by atoms with Crippen molar-refractivity contribution >= 4 is 28.1 Å². The van der Waals surface area contributed by atoms with Crippen molar-refractivity contribution in [1.82, 2.24) is 15.2 Å². The average Bonchev–Trinajstić information content (AvgIpc) is 3.26. The Hall–Kier alpha value is -2.28. The highest BCUT2D eigenvalue weighted by atomic mass is 32.1. The van der Waals surface area contributed by atoms with Crippen molar-refractivity contribution in [3.8, 4) is 10.6 Å². The zero-order valence-corrected chi connectivity index (χ0v) is 16.0. The fourth-order valence-corrected chi connectivity index (χ4v) is 4.02. The van der Waals surface area contributed by atoms with E-state index in [-0.39, 0.29) is 5.91 Å². The Bertz CT molecular complexity index is 905. The van der Waals surface area contributed by atoms with Crippen molar-refractivity contribution < 1.29 is 9.53 Å². The smallest absolute Gasteiger partial charge is 0.252 e. The Morgan fingerprint density at radius 1 is 1.19 bits per heavy atom. The molecule has 3 heterocycles. The summed E-state index contributed by atoms with van der Waals surface area (Å²) in [6, 6.07) is 13.8. The molecule has 2 aromatic heterocycles. The van der Waals surface area contributed by atoms with Crippen LogP contribution in [0.4, 0.5) is 0 Å². The van der Waals surface area contributed by atoms with Gasteiger partial charge in [-0.15, -0.1) is 11.3 Å². The van der Waals surface area contributed by atoms with Gasteiger partial charge in [-0.1, -0.05) is 24.3 Å². The van der Waals surface area contributed by atoms with Gasteiger partial charge >= 0.3 is 0 Å². The predicted octanol–water partition coefficient (Wildman–Crippen LogP) is 3.42. The molecular formula is C21H23N3O2S. The number of amides is 1. The summed E-state index contributed by atoms with van der Waals surface area (Å²) in [5.74, 6) is -0.0339. The first kappa shape index (κ1) is 18.1. The summed E-state index contributed by atoms with van der Waals surface area (Å²) in [6.07, 6.45) is 0.937. The standard InChI is InChI=1S/C21H23N3O2S/c25-21(22-8-4-9-24-10-12-26-13-11-24)17-15-19(20-7-3-14-27-20)23-18-6-2-1-5-16(17)18/h1-3,5-7,14-15H,4,8-13H2,(H,22,25). The number of fused-ring (bicyclic) bond motifs is 1. The highest BCUT2D eigenvalue weighted by molar-refractivity contribution is 7.13. The fraction of sp³-hybridized carbons (Fsp3) is 0.333. The number of aromatic nitrogens is 1. The van der Waals surface area contributed by atoms with Crippen LogP contribution in [0.5, 0.6) is 0 Å². The number of carbonyl (C=O) groups excluding carboxylic acids is 1. The van der Waals surface area contributed by atoms with Gasteiger partial charge in [0.25, 0.3) is 5.91 Å². The van der Waals surface area contributed by atoms with Crippen LogP contribution in [0.15, 0.2) is 47.8 Å². The molecule has 0 spiro atoms. The normalized spacial score (nSPS) is 15.1. The van der Waals surface area contributed by atoms with Crippen LogP contribution in [-0.4, -0.2) is 55.2 Å². The number of nitrogens with one attached hydrogen (secondary N) is 1. The lowest BCUT2D eigenvalue weighted by Crippen LogP contribution is -2.38. The second-order valence-electron chi connectivity index (χ2n) is 6.61. The maximum absolute atomic E-state index is 12.9. The first-order valence-corrected chi connectivity index (χ1v) is 10.2. The Kier molecular flexibility index (Phi) is 5.77. The highest BCUT2D eigenvalue weighted by Gasteiger charge is 2.14. The Labute approximate surface area is 163 Å². The predicted molar refractivity (Wildman–Crippen MR) is 109 cm³/mol. The van der Waals surface area contributed by atoms with Crippen LogP contribution in [0.25, 0.3) is 21.5 Å². The van der Waals surface area contributed by atoms with Crippen LogP contribution >= 0.6 is 11.3 Å². The minimum Gasteiger partial charge on any atom is -0.379 e. The summed E-state index contributed by atoms with van der Waals surface area (Å²) in [4.78, 5) is 21.0. The molecule has 3 aromatic rings. The Balaban J connectivity index is 1.47. The van der Waals surface area contributed by atoms with Gasteiger partial charge in [0.1, 0.15) is 0 Å². The van der Waals surface area contributed by atoms with Crippen LogP contribution in [0.3, 0.4) is 0 Å². The number of carbonyl (C=O) groups is 1. The van der Waals surface area contributed by atoms with Crippen LogP contribution in [0.1, 0.15) is 16.8 Å². The largest absolute Gasteiger partial charge is 0.379 e. The molecule has 0 atom stereocenters. The first-order chi connectivity index (χ1) is 13.3. The molecule has 6 heteroatoms. The molecule has 0 saturated carbocycles. The van der Waals surface area contributed by atoms with Gasteiger partial charge in [0, 0.05) is 25.0 Å². The highest BCUT2D eigenvalue weighted by Crippen LogP contribution is 2.27. The van der Waals surface area contributed by atoms with Gasteiger partial charge in [0.15, 0.2) is 0 Å². The molecule has 1 aliphatic heterocycles. The molecule has 5 nitrogen and oxygen atoms in total. The average molecular weight is 382 g/mol. The van der Waals surface area contributed by atoms with E-state index in [2.05, 4.69) is 10.2 Å². The zero-order chi connectivity index (χ0) is 18.5. The molecule has 1 amide bonds. The number of morpholine rings is 1. The number of benzene rings is 1. The maximum atomic E-state index is 12.9. The molecule has 27 heavy (non-hydrogen) atoms. The monoisotopic (exact) mass is 381 g/mol. The van der Waals surface area contributed by atoms with Crippen molar-refractivity contribution in [2.75, 3.05) is 39.4 Å². The minimum absolute atomic E-state index is 0.0339. The van der Waals surface area contributed by atoms with Crippen LogP contribution in [-0.2, 0) is 4.74 Å². The van der Waals surface area contributed by atoms with Crippen LogP contribution in [0, 0.1) is 0 Å². The summed E-state index contributed by atoms with van der Waals surface area (Å²) < 4.78 is 5.37. The second kappa shape index (κ2) is 8.61. The van der Waals surface area contributed by atoms with E-state index in [1.165, 1.54) is 0 Å². The summed E-state index contributed by atoms with van der Waals surface area (Å²) in [7, 11) is 0. The molecule has 1 N–H and O–H groups in total. The number of pyridine rings is 1. The lowest BCUT2D eigenvalue weighted by atomic mass is 10.1. The third kappa shape index (κ3) is 4.35. The van der Waals surface area contributed by atoms with Gasteiger partial charge in [-0.2, -0.15) is 0 Å². The molecule has 0 unspecified atom stereocenters. The van der Waals surface area contributed by atoms with E-state index in [4.69, 9.17) is 9.72 Å². The Morgan fingerprint density at radius 3 is 2.85 bits per heavy atom. The number of hydrogen-bond acceptors (Lipinski definition) is 5. The lowest BCUT2D eigenvalue weighted by Gasteiger charge is -2.26. The molecular weight excluding hydrogens is 358 g/mol. The quantitative estimate of drug-likeness (QED) is 0.665. The summed E-state index contributed by atoms with van der Waals surface area (Å²) in [5, 5.41) is 6.00. The summed E-state index contributed by atoms with van der Waals surface area (Å²) >= 11 is 1.63. The van der Waals surface area contributed by atoms with Crippen LogP contribution in [0.2, 0.25) is 0 Å². The van der Waals surface area contributed by atoms with E-state index < -0.39 is 0 Å². The number of thiophene rings is 1. The van der Waals surface area contributed by atoms with E-state index in [0.717, 1.165) is 60.7 Å². The third-order valence-corrected chi connectivity index (χ3v) is 5.67. The van der Waals surface area contributed by atoms with Gasteiger partial charge < -0.3 is 10.1 Å². The van der Waals surface area contributed by atoms with Gasteiger partial charge in [0.05, 0.1) is 34.9 Å². The van der Waals surface area contributed by atoms with Gasteiger partial charge in [-0.3, -0.25) is 9.69 Å². The van der Waals surface area contributed by atoms with Crippen molar-refractivity contribution in [2.24, 2.45) is 0 Å². The summed E-state index contributed by atoms with van der Waals surface area (Å²) in [6.45, 7) is 5.23. The lowest BCUT2D eigenvalue weighted by molar-refractivity contribution is 0.0374. The molecule has 1 aliphatic rings. The van der Waals surface area contributed by atoms with Crippen LogP contribution < -0.4 is 5.32 Å². The molecule has 1 aromatic carbocycles. The van der Waals surface area contributed by atoms with Gasteiger partial charge in [-0.05, 0) is 36.5 Å². The zero-order valence-electron chi connectivity index (χ0n) is 15.2. The van der Waals surface area contributed by atoms with E-state index >= 15 is 0 Å². The van der Waals surface area contributed by atoms with E-state index in [0.29, 0.717) is 12.1 Å². The maximum Gasteiger partial charge on any atom is 0.252 e. The van der Waals surface area contributed by atoms with Gasteiger partial charge in [0.2, 0.25) is 0 Å². The van der Waals surface area contributed by atoms with E-state index in [1.807, 2.05) is 47.8 Å². The molecule has 1 saturated heterocycles. The van der Waals surface area contributed by atoms with E-state index in [9.17, 15) is 4.79 Å². The number of nitrogens with zero attached hydrogens (tertiary/aromatic N) is 2. The molecule has 4 rings (SSSR count). The SMILES string of the molecule is O=C(NCCCN1CCOCC1)c1cc(-c2cccs2)nc2ccccc12. The number of para-hydroxylation sites is 1. The Morgan fingerprint density at radius 2 is 2.04 bits per heavy atom. The van der Waals surface area contributed by atoms with Crippen molar-refractivity contribution in [2.45, 2.75) is 6.42 Å². The van der Waals surface area contributed by atoms with Gasteiger partial charge in [-0.25, -0.2) is 4.98 Å². The molecule has 0 aliphatic carbocycles. The van der Waals surface area contributed by atoms with E-state index in [1.54, 1.807) is 11.3 Å². The summed E-state index contributed by atoms with van der Waals surface area (Å²) in [5.41, 5.74) is 2.39. The van der Waals surface area contributed by atoms with Crippen molar-refractivity contribution in [3.63, 3.8) is 0 Å². The molecule has 0 radical (unpaired) electrons. The molecule has 0 bridgehead atoms. The number of rotatable bonds is 6. The number of ether oxygens (including phenoxy) is 1. The third-order valence-electron chi connectivity index (χ3n) is 4.77. The fourth-order valence-electron chi connectivity index (χ4n) is 3.34. The number of hydrogen-bond donors (Lipinski definition) is 1. The first-order valence-electron chi connectivity index (χ1n) is 9.33. The topological polar surface area (TPSA) is 54.5 Å². The second-order valence-corrected chi connectivity index (χ2v) is 7.56. The van der Waals surface area contributed by atoms with Crippen molar-refractivity contribution in [1.29, 1.82) is 0 Å². The minimum atomic E-state index is -0.0339. The molecule has 1 fully saturated rings. The van der Waals surface area contributed by atoms with Crippen molar-refractivity contribution in [3.05, 3.63) is 53.4 Å². The molecule has 140 valence electrons.